The summed E-state index contributed by atoms with van der Waals surface area (Å²) in [5, 5.41) is 2.08. The van der Waals surface area contributed by atoms with Gasteiger partial charge >= 0.3 is 0 Å². The number of benzene rings is 2. The summed E-state index contributed by atoms with van der Waals surface area (Å²) in [5.74, 6) is 0.722. The van der Waals surface area contributed by atoms with Crippen molar-refractivity contribution in [2.75, 3.05) is 6.07 Å². The van der Waals surface area contributed by atoms with E-state index in [9.17, 15) is 0 Å². The van der Waals surface area contributed by atoms with Crippen LogP contribution in [0.3, 0.4) is 0 Å². The van der Waals surface area contributed by atoms with Gasteiger partial charge in [0.15, 0.2) is 11.8 Å². The monoisotopic (exact) mass is 217 g/mol. The van der Waals surface area contributed by atoms with E-state index in [1.54, 1.807) is 6.07 Å². The van der Waals surface area contributed by atoms with Crippen molar-refractivity contribution in [3.63, 3.8) is 0 Å². The van der Waals surface area contributed by atoms with Crippen LogP contribution in [-0.4, -0.2) is 6.07 Å². The van der Waals surface area contributed by atoms with Gasteiger partial charge in [-0.05, 0) is 29.0 Å². The molecule has 74 valence electrons. The first-order chi connectivity index (χ1) is 7.33. The molecule has 0 N–H and O–H groups in total. The molecule has 0 bridgehead atoms. The van der Waals surface area contributed by atoms with Crippen LogP contribution >= 0.6 is 11.6 Å². The molecule has 0 aliphatic heterocycles. The molecule has 2 aromatic rings. The molecule has 0 atom stereocenters. The zero-order valence-corrected chi connectivity index (χ0v) is 8.66. The van der Waals surface area contributed by atoms with Gasteiger partial charge in [0.25, 0.3) is 0 Å². The summed E-state index contributed by atoms with van der Waals surface area (Å²) in [6.07, 6.45) is 0. The van der Waals surface area contributed by atoms with Crippen LogP contribution in [0.2, 0.25) is 0 Å². The highest BCUT2D eigenvalue weighted by molar-refractivity contribution is 6.17. The van der Waals surface area contributed by atoms with E-state index in [4.69, 9.17) is 22.9 Å². The molecule has 0 heterocycles. The molecule has 0 fully saturated rings. The minimum absolute atomic E-state index is 0.133. The van der Waals surface area contributed by atoms with Crippen molar-refractivity contribution in [1.29, 1.82) is 0 Å². The normalized spacial score (nSPS) is 9.87. The first-order valence-corrected chi connectivity index (χ1v) is 4.97. The Morgan fingerprint density at radius 3 is 2.67 bits per heavy atom. The topological polar surface area (TPSA) is 13.6 Å². The highest BCUT2D eigenvalue weighted by Gasteiger charge is 1.98. The average molecular weight is 218 g/mol. The fraction of sp³-hybridized carbons (Fsp3) is 0.0833. The molecule has 2 nitrogen and oxygen atoms in total. The molecule has 2 rings (SSSR count). The summed E-state index contributed by atoms with van der Waals surface area (Å²) < 4.78 is 5.18. The molecule has 0 amide bonds. The van der Waals surface area contributed by atoms with Crippen LogP contribution in [0.5, 0.6) is 5.75 Å². The third-order valence-electron chi connectivity index (χ3n) is 2.15. The number of hydrogen-bond donors (Lipinski definition) is 0. The van der Waals surface area contributed by atoms with E-state index in [0.717, 1.165) is 16.5 Å². The molecule has 0 spiro atoms. The quantitative estimate of drug-likeness (QED) is 0.548. The van der Waals surface area contributed by atoms with Gasteiger partial charge in [-0.2, -0.15) is 0 Å². The largest absolute Gasteiger partial charge is 0.478 e. The first kappa shape index (κ1) is 9.82. The number of rotatable bonds is 2. The Kier molecular flexibility index (Phi) is 2.75. The predicted molar refractivity (Wildman–Crippen MR) is 61.6 cm³/mol. The van der Waals surface area contributed by atoms with E-state index < -0.39 is 0 Å². The molecule has 2 aromatic carbocycles. The third-order valence-corrected chi connectivity index (χ3v) is 2.25. The Hall–Kier alpha value is -1.72. The van der Waals surface area contributed by atoms with Crippen LogP contribution < -0.4 is 4.74 Å². The average Bonchev–Trinajstić information content (AvgIpc) is 2.28. The standard InChI is InChI=1S/C12H8ClNO/c1-14-11-4-2-9-3-5-12(15-8-13)7-10(9)6-11/h2-7H,8H2. The summed E-state index contributed by atoms with van der Waals surface area (Å²) in [6, 6.07) is 11.4. The maximum absolute atomic E-state index is 6.93. The molecule has 3 heteroatoms. The number of ether oxygens (including phenoxy) is 1. The second kappa shape index (κ2) is 4.20. The number of hydrogen-bond acceptors (Lipinski definition) is 1. The summed E-state index contributed by atoms with van der Waals surface area (Å²) in [6.45, 7) is 6.93. The summed E-state index contributed by atoms with van der Waals surface area (Å²) in [7, 11) is 0. The van der Waals surface area contributed by atoms with Crippen molar-refractivity contribution < 1.29 is 4.74 Å². The maximum atomic E-state index is 6.93. The van der Waals surface area contributed by atoms with Crippen molar-refractivity contribution in [1.82, 2.24) is 0 Å². The van der Waals surface area contributed by atoms with Crippen molar-refractivity contribution in [3.05, 3.63) is 47.8 Å². The van der Waals surface area contributed by atoms with Gasteiger partial charge in [-0.25, -0.2) is 4.85 Å². The van der Waals surface area contributed by atoms with Gasteiger partial charge < -0.3 is 4.74 Å². The van der Waals surface area contributed by atoms with Crippen molar-refractivity contribution in [3.8, 4) is 5.75 Å². The zero-order valence-electron chi connectivity index (χ0n) is 7.90. The lowest BCUT2D eigenvalue weighted by Gasteiger charge is -2.03. The summed E-state index contributed by atoms with van der Waals surface area (Å²) >= 11 is 5.48. The smallest absolute Gasteiger partial charge is 0.187 e. The van der Waals surface area contributed by atoms with Crippen molar-refractivity contribution in [2.45, 2.75) is 0 Å². The lowest BCUT2D eigenvalue weighted by Crippen LogP contribution is -1.88. The van der Waals surface area contributed by atoms with Gasteiger partial charge in [-0.3, -0.25) is 0 Å². The summed E-state index contributed by atoms with van der Waals surface area (Å²) in [5.41, 5.74) is 0.630. The van der Waals surface area contributed by atoms with Crippen molar-refractivity contribution in [2.24, 2.45) is 0 Å². The zero-order chi connectivity index (χ0) is 10.7. The Labute approximate surface area is 92.9 Å². The van der Waals surface area contributed by atoms with Crippen LogP contribution in [0.4, 0.5) is 5.69 Å². The molecule has 0 unspecified atom stereocenters. The fourth-order valence-electron chi connectivity index (χ4n) is 1.43. The van der Waals surface area contributed by atoms with E-state index in [2.05, 4.69) is 4.85 Å². The van der Waals surface area contributed by atoms with Gasteiger partial charge in [0, 0.05) is 0 Å². The third kappa shape index (κ3) is 2.03. The molecule has 0 aliphatic rings. The Morgan fingerprint density at radius 2 is 1.93 bits per heavy atom. The molecule has 0 saturated carbocycles. The van der Waals surface area contributed by atoms with E-state index in [1.165, 1.54) is 0 Å². The van der Waals surface area contributed by atoms with Gasteiger partial charge in [0.05, 0.1) is 6.57 Å². The highest BCUT2D eigenvalue weighted by Crippen LogP contribution is 2.25. The second-order valence-electron chi connectivity index (χ2n) is 3.06. The SMILES string of the molecule is [C-]#[N+]c1ccc2ccc(OCCl)cc2c1. The van der Waals surface area contributed by atoms with E-state index in [1.807, 2.05) is 30.3 Å². The molecular formula is C12H8ClNO. The van der Waals surface area contributed by atoms with Gasteiger partial charge in [-0.1, -0.05) is 29.8 Å². The van der Waals surface area contributed by atoms with Crippen LogP contribution in [0.15, 0.2) is 36.4 Å². The molecule has 0 aromatic heterocycles. The van der Waals surface area contributed by atoms with Crippen LogP contribution in [0.25, 0.3) is 15.6 Å². The Bertz CT molecular complexity index is 531. The molecule has 15 heavy (non-hydrogen) atoms. The number of nitrogens with zero attached hydrogens (tertiary/aromatic N) is 1. The highest BCUT2D eigenvalue weighted by atomic mass is 35.5. The Morgan fingerprint density at radius 1 is 1.13 bits per heavy atom. The van der Waals surface area contributed by atoms with Gasteiger partial charge in [0.2, 0.25) is 0 Å². The molecular weight excluding hydrogens is 210 g/mol. The van der Waals surface area contributed by atoms with Crippen LogP contribution in [0.1, 0.15) is 0 Å². The lowest BCUT2D eigenvalue weighted by atomic mass is 10.1. The minimum atomic E-state index is 0.133. The van der Waals surface area contributed by atoms with Gasteiger partial charge in [0.1, 0.15) is 5.75 Å². The van der Waals surface area contributed by atoms with E-state index >= 15 is 0 Å². The number of fused-ring (bicyclic) bond motifs is 1. The van der Waals surface area contributed by atoms with E-state index in [0.29, 0.717) is 5.69 Å². The first-order valence-electron chi connectivity index (χ1n) is 4.43. The molecule has 0 aliphatic carbocycles. The molecule has 0 saturated heterocycles. The maximum Gasteiger partial charge on any atom is 0.187 e. The van der Waals surface area contributed by atoms with Crippen molar-refractivity contribution >= 4 is 28.1 Å². The second-order valence-corrected chi connectivity index (χ2v) is 3.28. The van der Waals surface area contributed by atoms with Crippen LogP contribution in [0, 0.1) is 6.57 Å². The lowest BCUT2D eigenvalue weighted by molar-refractivity contribution is 0.388. The van der Waals surface area contributed by atoms with E-state index in [-0.39, 0.29) is 6.07 Å². The minimum Gasteiger partial charge on any atom is -0.478 e. The van der Waals surface area contributed by atoms with Crippen LogP contribution in [-0.2, 0) is 0 Å². The van der Waals surface area contributed by atoms with Gasteiger partial charge in [-0.15, -0.1) is 0 Å². The molecule has 0 radical (unpaired) electrons. The summed E-state index contributed by atoms with van der Waals surface area (Å²) in [4.78, 5) is 3.38. The fourth-order valence-corrected chi connectivity index (χ4v) is 1.56. The number of halogens is 1. The Balaban J connectivity index is 2.54. The number of alkyl halides is 1. The predicted octanol–water partition coefficient (Wildman–Crippen LogP) is 3.97.